The lowest BCUT2D eigenvalue weighted by molar-refractivity contribution is -0.137. The minimum absolute atomic E-state index is 0.146. The monoisotopic (exact) mass is 473 g/mol. The van der Waals surface area contributed by atoms with E-state index in [0.717, 1.165) is 23.5 Å². The zero-order valence-corrected chi connectivity index (χ0v) is 18.6. The predicted molar refractivity (Wildman–Crippen MR) is 115 cm³/mol. The molecule has 1 aromatic carbocycles. The third-order valence-corrected chi connectivity index (χ3v) is 8.00. The Hall–Kier alpha value is -2.18. The molecule has 0 fully saturated rings. The molecular weight excluding hydrogens is 451 g/mol. The summed E-state index contributed by atoms with van der Waals surface area (Å²) in [7, 11) is -3.43. The van der Waals surface area contributed by atoms with Crippen LogP contribution in [0, 0.1) is 0 Å². The van der Waals surface area contributed by atoms with E-state index in [2.05, 4.69) is 27.0 Å². The first kappa shape index (κ1) is 23.5. The molecule has 12 heteroatoms. The number of sulfonamides is 1. The molecule has 3 rings (SSSR count). The van der Waals surface area contributed by atoms with Crippen LogP contribution in [0.3, 0.4) is 0 Å². The highest BCUT2D eigenvalue weighted by molar-refractivity contribution is 7.99. The van der Waals surface area contributed by atoms with Gasteiger partial charge in [0.25, 0.3) is 0 Å². The number of benzene rings is 1. The number of anilines is 1. The second-order valence-corrected chi connectivity index (χ2v) is 10.6. The van der Waals surface area contributed by atoms with Crippen LogP contribution in [-0.4, -0.2) is 47.1 Å². The molecule has 0 aliphatic carbocycles. The summed E-state index contributed by atoms with van der Waals surface area (Å²) in [4.78, 5) is 12.3. The largest absolute Gasteiger partial charge is 0.418 e. The summed E-state index contributed by atoms with van der Waals surface area (Å²) in [5.74, 6) is 0.658. The molecule has 0 amide bonds. The zero-order chi connectivity index (χ0) is 22.8. The summed E-state index contributed by atoms with van der Waals surface area (Å²) in [5.41, 5.74) is 0.358. The molecule has 1 aliphatic heterocycles. The number of nitrogens with zero attached hydrogens (tertiary/aromatic N) is 4. The van der Waals surface area contributed by atoms with Crippen molar-refractivity contribution in [3.8, 4) is 0 Å². The van der Waals surface area contributed by atoms with Crippen molar-refractivity contribution in [3.63, 3.8) is 0 Å². The predicted octanol–water partition coefficient (Wildman–Crippen LogP) is 4.09. The normalized spacial score (nSPS) is 15.0. The van der Waals surface area contributed by atoms with Gasteiger partial charge in [0, 0.05) is 30.0 Å². The molecule has 2 heterocycles. The lowest BCUT2D eigenvalue weighted by Crippen LogP contribution is -2.40. The van der Waals surface area contributed by atoms with Crippen molar-refractivity contribution in [3.05, 3.63) is 41.3 Å². The number of aliphatic imine (C=N–C) groups is 1. The van der Waals surface area contributed by atoms with Gasteiger partial charge in [0.15, 0.2) is 0 Å². The number of thioether (sulfide) groups is 1. The Morgan fingerprint density at radius 3 is 2.71 bits per heavy atom. The third-order valence-electron chi connectivity index (χ3n) is 4.85. The third kappa shape index (κ3) is 5.01. The molecule has 2 aromatic rings. The number of fused-ring (bicyclic) bond motifs is 1. The van der Waals surface area contributed by atoms with E-state index in [4.69, 9.17) is 0 Å². The molecule has 0 spiro atoms. The molecule has 1 aromatic heterocycles. The maximum atomic E-state index is 13.2. The molecule has 0 saturated heterocycles. The van der Waals surface area contributed by atoms with Gasteiger partial charge in [0.2, 0.25) is 10.0 Å². The number of nitrogens with one attached hydrogen (secondary N) is 1. The molecule has 0 unspecified atom stereocenters. The summed E-state index contributed by atoms with van der Waals surface area (Å²) in [6, 6.07) is 3.82. The Morgan fingerprint density at radius 2 is 2.06 bits per heavy atom. The van der Waals surface area contributed by atoms with E-state index in [-0.39, 0.29) is 18.1 Å². The highest BCUT2D eigenvalue weighted by atomic mass is 32.2. The van der Waals surface area contributed by atoms with Crippen molar-refractivity contribution < 1.29 is 21.6 Å². The Labute approximate surface area is 183 Å². The van der Waals surface area contributed by atoms with E-state index >= 15 is 0 Å². The van der Waals surface area contributed by atoms with E-state index in [1.54, 1.807) is 13.8 Å². The van der Waals surface area contributed by atoms with Crippen molar-refractivity contribution in [1.29, 1.82) is 0 Å². The van der Waals surface area contributed by atoms with Crippen LogP contribution < -0.4 is 5.32 Å². The van der Waals surface area contributed by atoms with Crippen LogP contribution in [-0.2, 0) is 29.2 Å². The van der Waals surface area contributed by atoms with Crippen LogP contribution in [0.25, 0.3) is 0 Å². The van der Waals surface area contributed by atoms with Gasteiger partial charge in [-0.3, -0.25) is 4.99 Å². The van der Waals surface area contributed by atoms with Crippen LogP contribution in [0.15, 0.2) is 34.4 Å². The number of rotatable bonds is 7. The summed E-state index contributed by atoms with van der Waals surface area (Å²) < 4.78 is 66.1. The van der Waals surface area contributed by atoms with Crippen LogP contribution in [0.2, 0.25) is 0 Å². The van der Waals surface area contributed by atoms with Gasteiger partial charge in [-0.2, -0.15) is 17.5 Å². The Morgan fingerprint density at radius 1 is 1.32 bits per heavy atom. The Balaban J connectivity index is 1.78. The van der Waals surface area contributed by atoms with Crippen molar-refractivity contribution in [1.82, 2.24) is 14.3 Å². The summed E-state index contributed by atoms with van der Waals surface area (Å²) in [6.07, 6.45) is -2.68. The van der Waals surface area contributed by atoms with E-state index in [9.17, 15) is 21.6 Å². The summed E-state index contributed by atoms with van der Waals surface area (Å²) in [6.45, 7) is 7.01. The van der Waals surface area contributed by atoms with Crippen LogP contribution in [0.5, 0.6) is 0 Å². The molecule has 31 heavy (non-hydrogen) atoms. The number of para-hydroxylation sites is 1. The molecule has 1 N–H and O–H groups in total. The fourth-order valence-electron chi connectivity index (χ4n) is 3.20. The van der Waals surface area contributed by atoms with Gasteiger partial charge in [0.05, 0.1) is 28.1 Å². The van der Waals surface area contributed by atoms with Crippen LogP contribution in [0.4, 0.5) is 24.7 Å². The van der Waals surface area contributed by atoms with Gasteiger partial charge >= 0.3 is 6.18 Å². The van der Waals surface area contributed by atoms with Crippen LogP contribution in [0.1, 0.15) is 30.7 Å². The minimum Gasteiger partial charge on any atom is -0.360 e. The SMILES string of the molecule is C=Nc1c(SCNc2ncnc3c2CN(S(=O)(=O)C(C)C)CC3)cccc1C(F)(F)F. The van der Waals surface area contributed by atoms with Gasteiger partial charge in [-0.1, -0.05) is 6.07 Å². The van der Waals surface area contributed by atoms with Crippen molar-refractivity contribution >= 4 is 40.0 Å². The number of halogens is 3. The molecule has 168 valence electrons. The number of alkyl halides is 3. The van der Waals surface area contributed by atoms with Gasteiger partial charge in [-0.25, -0.2) is 18.4 Å². The molecule has 0 atom stereocenters. The van der Waals surface area contributed by atoms with E-state index in [1.807, 2.05) is 0 Å². The fourth-order valence-corrected chi connectivity index (χ4v) is 5.30. The van der Waals surface area contributed by atoms with E-state index < -0.39 is 27.0 Å². The second-order valence-electron chi connectivity index (χ2n) is 7.10. The standard InChI is InChI=1S/C19H22F3N5O2S2/c1-12(2)31(28,29)27-8-7-15-13(9-27)18(25-10-24-15)26-11-30-16-6-4-5-14(17(16)23-3)19(20,21)22/h4-6,10,12H,3,7-9,11H2,1-2H3,(H,24,25,26). The molecular formula is C19H22F3N5O2S2. The van der Waals surface area contributed by atoms with Gasteiger partial charge in [-0.15, -0.1) is 11.8 Å². The lowest BCUT2D eigenvalue weighted by Gasteiger charge is -2.29. The molecule has 0 saturated carbocycles. The Kier molecular flexibility index (Phi) is 6.92. The molecule has 0 radical (unpaired) electrons. The number of hydrogen-bond donors (Lipinski definition) is 1. The average molecular weight is 474 g/mol. The highest BCUT2D eigenvalue weighted by Gasteiger charge is 2.34. The van der Waals surface area contributed by atoms with Crippen molar-refractivity contribution in [2.75, 3.05) is 17.7 Å². The minimum atomic E-state index is -4.53. The molecule has 0 bridgehead atoms. The maximum Gasteiger partial charge on any atom is 0.418 e. The van der Waals surface area contributed by atoms with Crippen molar-refractivity contribution in [2.24, 2.45) is 4.99 Å². The van der Waals surface area contributed by atoms with Gasteiger partial charge in [-0.05, 0) is 32.7 Å². The number of aromatic nitrogens is 2. The molecule has 7 nitrogen and oxygen atoms in total. The first-order valence-electron chi connectivity index (χ1n) is 9.41. The molecule has 1 aliphatic rings. The lowest BCUT2D eigenvalue weighted by atomic mass is 10.1. The fraction of sp³-hybridized carbons (Fsp3) is 0.421. The zero-order valence-electron chi connectivity index (χ0n) is 17.0. The highest BCUT2D eigenvalue weighted by Crippen LogP contribution is 2.41. The summed E-state index contributed by atoms with van der Waals surface area (Å²) in [5, 5.41) is 2.53. The first-order valence-corrected chi connectivity index (χ1v) is 11.9. The summed E-state index contributed by atoms with van der Waals surface area (Å²) >= 11 is 1.12. The van der Waals surface area contributed by atoms with Gasteiger partial charge in [0.1, 0.15) is 12.1 Å². The number of hydrogen-bond acceptors (Lipinski definition) is 7. The topological polar surface area (TPSA) is 87.6 Å². The van der Waals surface area contributed by atoms with E-state index in [0.29, 0.717) is 29.2 Å². The first-order chi connectivity index (χ1) is 14.6. The average Bonchev–Trinajstić information content (AvgIpc) is 2.72. The quantitative estimate of drug-likeness (QED) is 0.370. The maximum absolute atomic E-state index is 13.2. The smallest absolute Gasteiger partial charge is 0.360 e. The Bertz CT molecular complexity index is 1070. The van der Waals surface area contributed by atoms with Crippen molar-refractivity contribution in [2.45, 2.75) is 43.1 Å². The van der Waals surface area contributed by atoms with Crippen LogP contribution >= 0.6 is 11.8 Å². The second kappa shape index (κ2) is 9.13. The van der Waals surface area contributed by atoms with Gasteiger partial charge < -0.3 is 5.32 Å². The van der Waals surface area contributed by atoms with E-state index in [1.165, 1.54) is 22.8 Å².